The van der Waals surface area contributed by atoms with Crippen molar-refractivity contribution in [2.24, 2.45) is 5.92 Å². The minimum absolute atomic E-state index is 0.479. The number of nitrogens with zero attached hydrogens (tertiary/aromatic N) is 3. The molecule has 1 aliphatic rings. The molecule has 3 aromatic heterocycles. The summed E-state index contributed by atoms with van der Waals surface area (Å²) in [7, 11) is 0. The number of thiophene rings is 1. The highest BCUT2D eigenvalue weighted by atomic mass is 32.2. The first-order valence-electron chi connectivity index (χ1n) is 9.28. The fourth-order valence-electron chi connectivity index (χ4n) is 3.68. The van der Waals surface area contributed by atoms with Gasteiger partial charge in [-0.3, -0.25) is 0 Å². The van der Waals surface area contributed by atoms with Crippen molar-refractivity contribution in [1.29, 1.82) is 0 Å². The summed E-state index contributed by atoms with van der Waals surface area (Å²) in [6, 6.07) is 0. The van der Waals surface area contributed by atoms with E-state index in [2.05, 4.69) is 37.7 Å². The molecule has 0 radical (unpaired) electrons. The molecule has 0 saturated heterocycles. The molecule has 0 aromatic carbocycles. The minimum atomic E-state index is 0.479. The smallest absolute Gasteiger partial charge is 0.126 e. The van der Waals surface area contributed by atoms with Gasteiger partial charge in [0.05, 0.1) is 10.2 Å². The average molecular weight is 372 g/mol. The number of rotatable bonds is 5. The summed E-state index contributed by atoms with van der Waals surface area (Å²) in [4.78, 5) is 15.5. The number of pyridine rings is 1. The van der Waals surface area contributed by atoms with E-state index in [0.29, 0.717) is 5.92 Å². The topological polar surface area (TPSA) is 38.7 Å². The molecular formula is C20H25N3S2. The van der Waals surface area contributed by atoms with Crippen molar-refractivity contribution in [3.63, 3.8) is 0 Å². The summed E-state index contributed by atoms with van der Waals surface area (Å²) in [5.41, 5.74) is 5.43. The Morgan fingerprint density at radius 3 is 2.68 bits per heavy atom. The number of hydrogen-bond acceptors (Lipinski definition) is 5. The van der Waals surface area contributed by atoms with Gasteiger partial charge in [0.25, 0.3) is 0 Å². The van der Waals surface area contributed by atoms with Gasteiger partial charge in [-0.05, 0) is 54.4 Å². The van der Waals surface area contributed by atoms with Crippen LogP contribution in [0.2, 0.25) is 0 Å². The first kappa shape index (κ1) is 17.2. The van der Waals surface area contributed by atoms with Crippen molar-refractivity contribution >= 4 is 43.5 Å². The SMILES string of the molecule is CC(C)CCSc1ncnc2c1sc1nc(C(C)C)c3c(c12)CCC3. The maximum atomic E-state index is 5.07. The monoisotopic (exact) mass is 371 g/mol. The number of aryl methyl sites for hydroxylation is 1. The molecule has 3 nitrogen and oxygen atoms in total. The van der Waals surface area contributed by atoms with Crippen molar-refractivity contribution < 1.29 is 0 Å². The van der Waals surface area contributed by atoms with Crippen LogP contribution in [0.5, 0.6) is 0 Å². The van der Waals surface area contributed by atoms with Crippen molar-refractivity contribution in [1.82, 2.24) is 15.0 Å². The highest BCUT2D eigenvalue weighted by Gasteiger charge is 2.25. The van der Waals surface area contributed by atoms with Gasteiger partial charge in [-0.15, -0.1) is 23.1 Å². The maximum Gasteiger partial charge on any atom is 0.126 e. The third kappa shape index (κ3) is 3.06. The highest BCUT2D eigenvalue weighted by molar-refractivity contribution is 7.99. The second kappa shape index (κ2) is 6.84. The Morgan fingerprint density at radius 2 is 1.92 bits per heavy atom. The Labute approximate surface area is 157 Å². The molecule has 0 bridgehead atoms. The Balaban J connectivity index is 1.87. The van der Waals surface area contributed by atoms with E-state index in [4.69, 9.17) is 4.98 Å². The van der Waals surface area contributed by atoms with Crippen LogP contribution >= 0.6 is 23.1 Å². The summed E-state index contributed by atoms with van der Waals surface area (Å²) < 4.78 is 1.23. The Kier molecular flexibility index (Phi) is 4.71. The van der Waals surface area contributed by atoms with Crippen LogP contribution in [0, 0.1) is 5.92 Å². The van der Waals surface area contributed by atoms with E-state index in [0.717, 1.165) is 27.0 Å². The summed E-state index contributed by atoms with van der Waals surface area (Å²) in [6.45, 7) is 9.06. The fraction of sp³-hybridized carbons (Fsp3) is 0.550. The number of aromatic nitrogens is 3. The van der Waals surface area contributed by atoms with Gasteiger partial charge in [-0.1, -0.05) is 27.7 Å². The zero-order valence-electron chi connectivity index (χ0n) is 15.4. The third-order valence-corrected chi connectivity index (χ3v) is 7.18. The van der Waals surface area contributed by atoms with E-state index in [-0.39, 0.29) is 0 Å². The Hall–Kier alpha value is -1.20. The fourth-order valence-corrected chi connectivity index (χ4v) is 6.16. The quantitative estimate of drug-likeness (QED) is 0.408. The van der Waals surface area contributed by atoms with Gasteiger partial charge < -0.3 is 0 Å². The van der Waals surface area contributed by atoms with Gasteiger partial charge in [0.2, 0.25) is 0 Å². The molecule has 132 valence electrons. The van der Waals surface area contributed by atoms with Gasteiger partial charge in [-0.25, -0.2) is 15.0 Å². The normalized spacial score (nSPS) is 14.3. The van der Waals surface area contributed by atoms with E-state index < -0.39 is 0 Å². The molecule has 0 spiro atoms. The zero-order valence-corrected chi connectivity index (χ0v) is 17.1. The molecule has 0 N–H and O–H groups in total. The Bertz CT molecular complexity index is 928. The largest absolute Gasteiger partial charge is 0.241 e. The molecule has 0 saturated carbocycles. The van der Waals surface area contributed by atoms with Gasteiger partial charge in [-0.2, -0.15) is 0 Å². The molecule has 3 aromatic rings. The van der Waals surface area contributed by atoms with Crippen molar-refractivity contribution in [2.75, 3.05) is 5.75 Å². The van der Waals surface area contributed by atoms with Crippen LogP contribution in [0.15, 0.2) is 11.4 Å². The second-order valence-corrected chi connectivity index (χ2v) is 9.71. The summed E-state index contributed by atoms with van der Waals surface area (Å²) >= 11 is 3.66. The molecule has 4 rings (SSSR count). The van der Waals surface area contributed by atoms with E-state index in [1.807, 2.05) is 11.8 Å². The zero-order chi connectivity index (χ0) is 17.6. The number of hydrogen-bond donors (Lipinski definition) is 0. The maximum absolute atomic E-state index is 5.07. The van der Waals surface area contributed by atoms with E-state index in [1.54, 1.807) is 17.7 Å². The molecule has 0 atom stereocenters. The lowest BCUT2D eigenvalue weighted by Gasteiger charge is -2.11. The van der Waals surface area contributed by atoms with E-state index in [1.165, 1.54) is 52.6 Å². The average Bonchev–Trinajstić information content (AvgIpc) is 3.17. The molecule has 1 aliphatic carbocycles. The predicted molar refractivity (Wildman–Crippen MR) is 109 cm³/mol. The molecular weight excluding hydrogens is 346 g/mol. The van der Waals surface area contributed by atoms with Crippen LogP contribution in [0.4, 0.5) is 0 Å². The van der Waals surface area contributed by atoms with Crippen LogP contribution in [-0.2, 0) is 12.8 Å². The minimum Gasteiger partial charge on any atom is -0.241 e. The van der Waals surface area contributed by atoms with Crippen molar-refractivity contribution in [3.05, 3.63) is 23.1 Å². The summed E-state index contributed by atoms with van der Waals surface area (Å²) in [5.74, 6) is 2.32. The summed E-state index contributed by atoms with van der Waals surface area (Å²) in [6.07, 6.45) is 6.54. The first-order valence-corrected chi connectivity index (χ1v) is 11.1. The van der Waals surface area contributed by atoms with Gasteiger partial charge in [0.15, 0.2) is 0 Å². The highest BCUT2D eigenvalue weighted by Crippen LogP contribution is 2.42. The standard InChI is InChI=1S/C20H25N3S2/c1-11(2)8-9-24-20-18-17(21-10-22-20)15-13-6-5-7-14(13)16(12(3)4)23-19(15)25-18/h10-12H,5-9H2,1-4H3. The summed E-state index contributed by atoms with van der Waals surface area (Å²) in [5, 5.41) is 2.44. The predicted octanol–water partition coefficient (Wildman–Crippen LogP) is 5.99. The molecule has 0 amide bonds. The number of thioether (sulfide) groups is 1. The second-order valence-electron chi connectivity index (χ2n) is 7.63. The molecule has 0 fully saturated rings. The molecule has 0 unspecified atom stereocenters. The van der Waals surface area contributed by atoms with Crippen LogP contribution in [0.1, 0.15) is 63.3 Å². The first-order chi connectivity index (χ1) is 12.1. The Morgan fingerprint density at radius 1 is 1.12 bits per heavy atom. The van der Waals surface area contributed by atoms with Gasteiger partial charge in [0, 0.05) is 11.1 Å². The van der Waals surface area contributed by atoms with Crippen LogP contribution in [0.25, 0.3) is 20.4 Å². The molecule has 3 heterocycles. The lowest BCUT2D eigenvalue weighted by molar-refractivity contribution is 0.632. The van der Waals surface area contributed by atoms with E-state index >= 15 is 0 Å². The lowest BCUT2D eigenvalue weighted by atomic mass is 9.99. The van der Waals surface area contributed by atoms with Crippen LogP contribution in [0.3, 0.4) is 0 Å². The van der Waals surface area contributed by atoms with Crippen LogP contribution in [-0.4, -0.2) is 20.7 Å². The van der Waals surface area contributed by atoms with Gasteiger partial charge in [0.1, 0.15) is 16.2 Å². The van der Waals surface area contributed by atoms with Crippen LogP contribution < -0.4 is 0 Å². The molecule has 5 heteroatoms. The molecule has 0 aliphatic heterocycles. The van der Waals surface area contributed by atoms with Gasteiger partial charge >= 0.3 is 0 Å². The van der Waals surface area contributed by atoms with Crippen molar-refractivity contribution in [2.45, 2.75) is 64.3 Å². The third-order valence-electron chi connectivity index (χ3n) is 4.95. The lowest BCUT2D eigenvalue weighted by Crippen LogP contribution is -2.00. The number of fused-ring (bicyclic) bond motifs is 5. The van der Waals surface area contributed by atoms with E-state index in [9.17, 15) is 0 Å². The van der Waals surface area contributed by atoms with Crippen molar-refractivity contribution in [3.8, 4) is 0 Å². The molecule has 25 heavy (non-hydrogen) atoms.